The van der Waals surface area contributed by atoms with Crippen molar-refractivity contribution in [3.63, 3.8) is 0 Å². The number of aromatic nitrogens is 2. The number of nitrogens with one attached hydrogen (secondary N) is 1. The van der Waals surface area contributed by atoms with Gasteiger partial charge in [0, 0.05) is 12.1 Å². The molecule has 1 unspecified atom stereocenters. The molecule has 2 aromatic heterocycles. The Morgan fingerprint density at radius 3 is 2.51 bits per heavy atom. The predicted octanol–water partition coefficient (Wildman–Crippen LogP) is 4.93. The molecule has 0 saturated carbocycles. The molecule has 39 heavy (non-hydrogen) atoms. The summed E-state index contributed by atoms with van der Waals surface area (Å²) in [5, 5.41) is 3.06. The Morgan fingerprint density at radius 2 is 1.79 bits per heavy atom. The molecule has 2 heterocycles. The highest BCUT2D eigenvalue weighted by molar-refractivity contribution is 7.20. The first-order chi connectivity index (χ1) is 18.8. The maximum Gasteiger partial charge on any atom is 0.348 e. The van der Waals surface area contributed by atoms with Crippen molar-refractivity contribution >= 4 is 45.1 Å². The number of hydrogen-bond donors (Lipinski definition) is 1. The van der Waals surface area contributed by atoms with Crippen molar-refractivity contribution in [1.29, 1.82) is 0 Å². The van der Waals surface area contributed by atoms with Crippen molar-refractivity contribution in [2.24, 2.45) is 0 Å². The molecule has 1 N–H and O–H groups in total. The number of amides is 1. The summed E-state index contributed by atoms with van der Waals surface area (Å²) >= 11 is 1.10. The van der Waals surface area contributed by atoms with Crippen LogP contribution >= 0.6 is 11.3 Å². The van der Waals surface area contributed by atoms with Crippen LogP contribution in [-0.2, 0) is 20.7 Å². The van der Waals surface area contributed by atoms with Crippen LogP contribution in [0.2, 0.25) is 0 Å². The van der Waals surface area contributed by atoms with Crippen LogP contribution in [0.5, 0.6) is 0 Å². The average Bonchev–Trinajstić information content (AvgIpc) is 3.28. The van der Waals surface area contributed by atoms with Gasteiger partial charge in [0.15, 0.2) is 0 Å². The van der Waals surface area contributed by atoms with E-state index in [-0.39, 0.29) is 18.6 Å². The minimum Gasteiger partial charge on any atom is -0.462 e. The Labute approximate surface area is 229 Å². The number of hydrogen-bond acceptors (Lipinski definition) is 8. The third kappa shape index (κ3) is 6.23. The lowest BCUT2D eigenvalue weighted by atomic mass is 10.1. The smallest absolute Gasteiger partial charge is 0.348 e. The Bertz CT molecular complexity index is 1560. The van der Waals surface area contributed by atoms with Gasteiger partial charge < -0.3 is 14.8 Å². The number of thiophene rings is 1. The van der Waals surface area contributed by atoms with E-state index in [1.54, 1.807) is 39.0 Å². The van der Waals surface area contributed by atoms with Crippen LogP contribution < -0.4 is 10.9 Å². The van der Waals surface area contributed by atoms with Crippen LogP contribution in [0, 0.1) is 6.92 Å². The van der Waals surface area contributed by atoms with Gasteiger partial charge >= 0.3 is 11.9 Å². The Balaban J connectivity index is 1.53. The SMILES string of the molecule is CCOC(=O)c1cccc(NC(=O)C(CC)n2cnc3sc(C(=O)OCCc4ccccc4)c(C)c3c2=O)c1. The lowest BCUT2D eigenvalue weighted by Gasteiger charge is -2.18. The highest BCUT2D eigenvalue weighted by Gasteiger charge is 2.25. The summed E-state index contributed by atoms with van der Waals surface area (Å²) in [5.41, 5.74) is 1.82. The molecule has 0 aliphatic carbocycles. The molecular formula is C29H29N3O6S. The van der Waals surface area contributed by atoms with Gasteiger partial charge in [-0.15, -0.1) is 11.3 Å². The molecule has 10 heteroatoms. The van der Waals surface area contributed by atoms with E-state index in [9.17, 15) is 19.2 Å². The zero-order valence-corrected chi connectivity index (χ0v) is 22.7. The number of ether oxygens (including phenoxy) is 2. The molecule has 202 valence electrons. The minimum absolute atomic E-state index is 0.212. The Kier molecular flexibility index (Phi) is 8.88. The zero-order valence-electron chi connectivity index (χ0n) is 21.9. The monoisotopic (exact) mass is 547 g/mol. The van der Waals surface area contributed by atoms with Crippen molar-refractivity contribution in [2.45, 2.75) is 39.7 Å². The molecule has 9 nitrogen and oxygen atoms in total. The molecule has 0 bridgehead atoms. The first kappa shape index (κ1) is 27.7. The summed E-state index contributed by atoms with van der Waals surface area (Å²) in [6, 6.07) is 15.2. The fraction of sp³-hybridized carbons (Fsp3) is 0.276. The van der Waals surface area contributed by atoms with Gasteiger partial charge in [-0.2, -0.15) is 0 Å². The maximum atomic E-state index is 13.5. The number of rotatable bonds is 10. The molecular weight excluding hydrogens is 518 g/mol. The van der Waals surface area contributed by atoms with Crippen molar-refractivity contribution < 1.29 is 23.9 Å². The Morgan fingerprint density at radius 1 is 1.03 bits per heavy atom. The van der Waals surface area contributed by atoms with Crippen molar-refractivity contribution in [1.82, 2.24) is 9.55 Å². The standard InChI is InChI=1S/C29H29N3O6S/c1-4-22(25(33)31-21-13-9-12-20(16-21)28(35)37-5-2)32-17-30-26-23(27(32)34)18(3)24(39-26)29(36)38-15-14-19-10-7-6-8-11-19/h6-13,16-17,22H,4-5,14-15H2,1-3H3,(H,31,33). The van der Waals surface area contributed by atoms with Gasteiger partial charge in [-0.25, -0.2) is 14.6 Å². The number of carbonyl (C=O) groups excluding carboxylic acids is 3. The third-order valence-corrected chi connectivity index (χ3v) is 7.37. The highest BCUT2D eigenvalue weighted by atomic mass is 32.1. The third-order valence-electron chi connectivity index (χ3n) is 6.19. The fourth-order valence-electron chi connectivity index (χ4n) is 4.20. The average molecular weight is 548 g/mol. The quantitative estimate of drug-likeness (QED) is 0.280. The summed E-state index contributed by atoms with van der Waals surface area (Å²) < 4.78 is 11.8. The van der Waals surface area contributed by atoms with Crippen LogP contribution in [-0.4, -0.2) is 40.6 Å². The maximum absolute atomic E-state index is 13.5. The number of nitrogens with zero attached hydrogens (tertiary/aromatic N) is 2. The molecule has 0 spiro atoms. The normalized spacial score (nSPS) is 11.7. The van der Waals surface area contributed by atoms with Crippen molar-refractivity contribution in [3.05, 3.63) is 92.8 Å². The van der Waals surface area contributed by atoms with Crippen LogP contribution in [0.1, 0.15) is 57.5 Å². The van der Waals surface area contributed by atoms with Crippen molar-refractivity contribution in [2.75, 3.05) is 18.5 Å². The topological polar surface area (TPSA) is 117 Å². The van der Waals surface area contributed by atoms with Gasteiger partial charge in [0.05, 0.1) is 30.5 Å². The predicted molar refractivity (Wildman–Crippen MR) is 149 cm³/mol. The van der Waals surface area contributed by atoms with Gasteiger partial charge in [0.2, 0.25) is 5.91 Å². The van der Waals surface area contributed by atoms with Gasteiger partial charge in [0.1, 0.15) is 15.7 Å². The van der Waals surface area contributed by atoms with E-state index in [1.807, 2.05) is 30.3 Å². The molecule has 0 fully saturated rings. The second kappa shape index (κ2) is 12.5. The molecule has 4 rings (SSSR count). The van der Waals surface area contributed by atoms with Crippen LogP contribution in [0.4, 0.5) is 5.69 Å². The van der Waals surface area contributed by atoms with E-state index in [0.717, 1.165) is 16.9 Å². The summed E-state index contributed by atoms with van der Waals surface area (Å²) in [7, 11) is 0. The number of anilines is 1. The van der Waals surface area contributed by atoms with E-state index < -0.39 is 29.4 Å². The molecule has 1 amide bonds. The number of fused-ring (bicyclic) bond motifs is 1. The second-order valence-corrected chi connectivity index (χ2v) is 9.78. The van der Waals surface area contributed by atoms with Gasteiger partial charge in [-0.3, -0.25) is 14.2 Å². The van der Waals surface area contributed by atoms with E-state index in [2.05, 4.69) is 10.3 Å². The molecule has 2 aromatic carbocycles. The minimum atomic E-state index is -0.860. The second-order valence-electron chi connectivity index (χ2n) is 8.78. The fourth-order valence-corrected chi connectivity index (χ4v) is 5.23. The van der Waals surface area contributed by atoms with E-state index in [1.165, 1.54) is 17.0 Å². The van der Waals surface area contributed by atoms with Crippen molar-refractivity contribution in [3.8, 4) is 0 Å². The lowest BCUT2D eigenvalue weighted by molar-refractivity contribution is -0.119. The van der Waals surface area contributed by atoms with E-state index in [4.69, 9.17) is 9.47 Å². The van der Waals surface area contributed by atoms with Gasteiger partial charge in [-0.05, 0) is 49.6 Å². The lowest BCUT2D eigenvalue weighted by Crippen LogP contribution is -2.33. The summed E-state index contributed by atoms with van der Waals surface area (Å²) in [4.78, 5) is 56.6. The zero-order chi connectivity index (χ0) is 27.9. The summed E-state index contributed by atoms with van der Waals surface area (Å²) in [6.07, 6.45) is 2.22. The number of benzene rings is 2. The summed E-state index contributed by atoms with van der Waals surface area (Å²) in [5.74, 6) is -1.44. The first-order valence-electron chi connectivity index (χ1n) is 12.6. The van der Waals surface area contributed by atoms with E-state index >= 15 is 0 Å². The molecule has 0 aliphatic heterocycles. The summed E-state index contributed by atoms with van der Waals surface area (Å²) in [6.45, 7) is 5.63. The number of esters is 2. The number of carbonyl (C=O) groups is 3. The highest BCUT2D eigenvalue weighted by Crippen LogP contribution is 2.28. The molecule has 0 saturated heterocycles. The molecule has 1 atom stereocenters. The first-order valence-corrected chi connectivity index (χ1v) is 13.4. The largest absolute Gasteiger partial charge is 0.462 e. The van der Waals surface area contributed by atoms with Crippen LogP contribution in [0.15, 0.2) is 65.7 Å². The molecule has 0 radical (unpaired) electrons. The Hall–Kier alpha value is -4.31. The van der Waals surface area contributed by atoms with Gasteiger partial charge in [0.25, 0.3) is 5.56 Å². The molecule has 4 aromatic rings. The van der Waals surface area contributed by atoms with Crippen LogP contribution in [0.3, 0.4) is 0 Å². The van der Waals surface area contributed by atoms with E-state index in [0.29, 0.717) is 39.4 Å². The number of aryl methyl sites for hydroxylation is 1. The van der Waals surface area contributed by atoms with Gasteiger partial charge in [-0.1, -0.05) is 43.3 Å². The van der Waals surface area contributed by atoms with Crippen LogP contribution in [0.25, 0.3) is 10.2 Å². The molecule has 0 aliphatic rings.